The van der Waals surface area contributed by atoms with Gasteiger partial charge in [-0.1, -0.05) is 0 Å². The average Bonchev–Trinajstić information content (AvgIpc) is 1.99. The Labute approximate surface area is 82.3 Å². The summed E-state index contributed by atoms with van der Waals surface area (Å²) < 4.78 is 38.8. The van der Waals surface area contributed by atoms with Gasteiger partial charge in [0, 0.05) is 12.3 Å². The molecule has 82 valence electrons. The Morgan fingerprint density at radius 2 is 2.20 bits per heavy atom. The van der Waals surface area contributed by atoms with Crippen LogP contribution in [0.2, 0.25) is 0 Å². The number of aliphatic carboxylic acids is 1. The summed E-state index contributed by atoms with van der Waals surface area (Å²) in [7, 11) is 0. The molecule has 0 saturated heterocycles. The fourth-order valence-electron chi connectivity index (χ4n) is 0.909. The highest BCUT2D eigenvalue weighted by atomic mass is 19.4. The van der Waals surface area contributed by atoms with Crippen LogP contribution in [-0.2, 0) is 11.2 Å². The molecule has 0 radical (unpaired) electrons. The van der Waals surface area contributed by atoms with Crippen LogP contribution in [0.4, 0.5) is 13.2 Å². The van der Waals surface area contributed by atoms with Gasteiger partial charge >= 0.3 is 12.3 Å². The molecule has 0 aliphatic heterocycles. The standard InChI is InChI=1S/C8H6F3NO3/c9-8(10,11)15-6-3-5(1-2-12-6)4-7(13)14/h1-3H,4H2,(H,13,14). The number of carboxylic acid groups (broad SMARTS) is 1. The van der Waals surface area contributed by atoms with E-state index in [1.165, 1.54) is 6.07 Å². The first-order valence-electron chi connectivity index (χ1n) is 3.79. The van der Waals surface area contributed by atoms with Crippen LogP contribution in [-0.4, -0.2) is 22.4 Å². The summed E-state index contributed by atoms with van der Waals surface area (Å²) in [6, 6.07) is 2.24. The summed E-state index contributed by atoms with van der Waals surface area (Å²) in [6.45, 7) is 0. The fraction of sp³-hybridized carbons (Fsp3) is 0.250. The molecule has 0 atom stereocenters. The van der Waals surface area contributed by atoms with E-state index in [-0.39, 0.29) is 12.0 Å². The molecule has 4 nitrogen and oxygen atoms in total. The van der Waals surface area contributed by atoms with Gasteiger partial charge in [0.15, 0.2) is 0 Å². The van der Waals surface area contributed by atoms with E-state index in [2.05, 4.69) is 9.72 Å². The summed E-state index contributed by atoms with van der Waals surface area (Å²) in [6.07, 6.45) is -4.15. The SMILES string of the molecule is O=C(O)Cc1ccnc(OC(F)(F)F)c1. The number of halogens is 3. The number of hydrogen-bond donors (Lipinski definition) is 1. The Morgan fingerprint density at radius 1 is 1.53 bits per heavy atom. The molecule has 1 N–H and O–H groups in total. The van der Waals surface area contributed by atoms with Gasteiger partial charge < -0.3 is 9.84 Å². The van der Waals surface area contributed by atoms with Gasteiger partial charge in [0.2, 0.25) is 5.88 Å². The van der Waals surface area contributed by atoms with Crippen LogP contribution in [0.1, 0.15) is 5.56 Å². The van der Waals surface area contributed by atoms with E-state index in [1.54, 1.807) is 0 Å². The number of hydrogen-bond acceptors (Lipinski definition) is 3. The van der Waals surface area contributed by atoms with Gasteiger partial charge in [0.1, 0.15) is 0 Å². The van der Waals surface area contributed by atoms with E-state index in [0.29, 0.717) is 0 Å². The van der Waals surface area contributed by atoms with E-state index in [1.807, 2.05) is 0 Å². The van der Waals surface area contributed by atoms with E-state index in [9.17, 15) is 18.0 Å². The zero-order chi connectivity index (χ0) is 11.5. The molecule has 7 heteroatoms. The first-order chi connectivity index (χ1) is 6.87. The topological polar surface area (TPSA) is 59.4 Å². The van der Waals surface area contributed by atoms with Crippen molar-refractivity contribution >= 4 is 5.97 Å². The van der Waals surface area contributed by atoms with Gasteiger partial charge in [-0.15, -0.1) is 13.2 Å². The smallest absolute Gasteiger partial charge is 0.481 e. The van der Waals surface area contributed by atoms with Gasteiger partial charge in [0.25, 0.3) is 0 Å². The number of ether oxygens (including phenoxy) is 1. The summed E-state index contributed by atoms with van der Waals surface area (Å²) in [5.41, 5.74) is 0.191. The lowest BCUT2D eigenvalue weighted by Crippen LogP contribution is -2.18. The summed E-state index contributed by atoms with van der Waals surface area (Å²) in [5, 5.41) is 8.41. The minimum Gasteiger partial charge on any atom is -0.481 e. The maximum absolute atomic E-state index is 11.8. The third-order valence-corrected chi connectivity index (χ3v) is 1.37. The van der Waals surface area contributed by atoms with Crippen LogP contribution < -0.4 is 4.74 Å². The number of carboxylic acids is 1. The number of alkyl halides is 3. The zero-order valence-electron chi connectivity index (χ0n) is 7.28. The number of carbonyl (C=O) groups is 1. The van der Waals surface area contributed by atoms with Gasteiger partial charge in [0.05, 0.1) is 6.42 Å². The minimum atomic E-state index is -4.82. The normalized spacial score (nSPS) is 11.1. The predicted octanol–water partition coefficient (Wildman–Crippen LogP) is 1.61. The van der Waals surface area contributed by atoms with Crippen LogP contribution in [0.15, 0.2) is 18.3 Å². The summed E-state index contributed by atoms with van der Waals surface area (Å²) in [4.78, 5) is 13.6. The molecule has 0 aliphatic rings. The largest absolute Gasteiger partial charge is 0.574 e. The molecular formula is C8H6F3NO3. The molecule has 1 aromatic heterocycles. The first kappa shape index (κ1) is 11.3. The quantitative estimate of drug-likeness (QED) is 0.842. The minimum absolute atomic E-state index is 0.191. The van der Waals surface area contributed by atoms with Crippen LogP contribution in [0.3, 0.4) is 0 Å². The second kappa shape index (κ2) is 4.16. The second-order valence-electron chi connectivity index (χ2n) is 2.62. The van der Waals surface area contributed by atoms with E-state index in [0.717, 1.165) is 12.3 Å². The van der Waals surface area contributed by atoms with E-state index < -0.39 is 18.2 Å². The van der Waals surface area contributed by atoms with Gasteiger partial charge in [-0.2, -0.15) is 0 Å². The molecule has 0 aliphatic carbocycles. The lowest BCUT2D eigenvalue weighted by molar-refractivity contribution is -0.276. The lowest BCUT2D eigenvalue weighted by Gasteiger charge is -2.07. The van der Waals surface area contributed by atoms with E-state index in [4.69, 9.17) is 5.11 Å². The summed E-state index contributed by atoms with van der Waals surface area (Å²) >= 11 is 0. The Balaban J connectivity index is 2.79. The van der Waals surface area contributed by atoms with Crippen molar-refractivity contribution < 1.29 is 27.8 Å². The highest BCUT2D eigenvalue weighted by Gasteiger charge is 2.31. The van der Waals surface area contributed by atoms with Gasteiger partial charge in [-0.05, 0) is 11.6 Å². The van der Waals surface area contributed by atoms with Crippen molar-refractivity contribution in [3.63, 3.8) is 0 Å². The number of aromatic nitrogens is 1. The van der Waals surface area contributed by atoms with Crippen molar-refractivity contribution in [3.05, 3.63) is 23.9 Å². The third kappa shape index (κ3) is 4.30. The van der Waals surface area contributed by atoms with Gasteiger partial charge in [-0.25, -0.2) is 4.98 Å². The van der Waals surface area contributed by atoms with Crippen molar-refractivity contribution in [1.82, 2.24) is 4.98 Å². The Hall–Kier alpha value is -1.79. The molecule has 0 unspecified atom stereocenters. The van der Waals surface area contributed by atoms with Crippen LogP contribution in [0.25, 0.3) is 0 Å². The number of rotatable bonds is 3. The number of pyridine rings is 1. The van der Waals surface area contributed by atoms with Crippen molar-refractivity contribution in [2.45, 2.75) is 12.8 Å². The fourth-order valence-corrected chi connectivity index (χ4v) is 0.909. The average molecular weight is 221 g/mol. The molecule has 0 bridgehead atoms. The van der Waals surface area contributed by atoms with Crippen LogP contribution >= 0.6 is 0 Å². The molecule has 0 saturated carbocycles. The van der Waals surface area contributed by atoms with E-state index >= 15 is 0 Å². The molecule has 0 aromatic carbocycles. The maximum atomic E-state index is 11.8. The molecule has 0 spiro atoms. The van der Waals surface area contributed by atoms with Crippen molar-refractivity contribution in [1.29, 1.82) is 0 Å². The van der Waals surface area contributed by atoms with Crippen LogP contribution in [0.5, 0.6) is 5.88 Å². The Morgan fingerprint density at radius 3 is 2.73 bits per heavy atom. The van der Waals surface area contributed by atoms with Crippen molar-refractivity contribution in [2.75, 3.05) is 0 Å². The highest BCUT2D eigenvalue weighted by molar-refractivity contribution is 5.70. The van der Waals surface area contributed by atoms with Crippen molar-refractivity contribution in [3.8, 4) is 5.88 Å². The zero-order valence-corrected chi connectivity index (χ0v) is 7.28. The highest BCUT2D eigenvalue weighted by Crippen LogP contribution is 2.21. The van der Waals surface area contributed by atoms with Gasteiger partial charge in [-0.3, -0.25) is 4.79 Å². The predicted molar refractivity (Wildman–Crippen MR) is 42.3 cm³/mol. The molecule has 1 rings (SSSR count). The molecule has 1 aromatic rings. The third-order valence-electron chi connectivity index (χ3n) is 1.37. The first-order valence-corrected chi connectivity index (χ1v) is 3.79. The number of nitrogens with zero attached hydrogens (tertiary/aromatic N) is 1. The maximum Gasteiger partial charge on any atom is 0.574 e. The Kier molecular flexibility index (Phi) is 3.13. The molecule has 1 heterocycles. The summed E-state index contributed by atoms with van der Waals surface area (Å²) in [5.74, 6) is -1.81. The molecule has 15 heavy (non-hydrogen) atoms. The van der Waals surface area contributed by atoms with Crippen LogP contribution in [0, 0.1) is 0 Å². The molecule has 0 amide bonds. The Bertz CT molecular complexity index is 364. The second-order valence-corrected chi connectivity index (χ2v) is 2.62. The van der Waals surface area contributed by atoms with Crippen molar-refractivity contribution in [2.24, 2.45) is 0 Å². The monoisotopic (exact) mass is 221 g/mol. The molecule has 0 fully saturated rings. The molecular weight excluding hydrogens is 215 g/mol. The lowest BCUT2D eigenvalue weighted by atomic mass is 10.2.